The van der Waals surface area contributed by atoms with Crippen molar-refractivity contribution in [1.82, 2.24) is 0 Å². The molecule has 0 aliphatic rings. The quantitative estimate of drug-likeness (QED) is 0.842. The molecule has 0 fully saturated rings. The molecule has 0 bridgehead atoms. The molecule has 20 heavy (non-hydrogen) atoms. The van der Waals surface area contributed by atoms with E-state index in [9.17, 15) is 4.39 Å². The lowest BCUT2D eigenvalue weighted by atomic mass is 10.1. The number of nitriles is 1. The van der Waals surface area contributed by atoms with Gasteiger partial charge in [-0.2, -0.15) is 5.26 Å². The third kappa shape index (κ3) is 2.89. The highest BCUT2D eigenvalue weighted by atomic mass is 19.1. The normalized spacial score (nSPS) is 9.90. The highest BCUT2D eigenvalue weighted by Gasteiger charge is 2.10. The van der Waals surface area contributed by atoms with Gasteiger partial charge < -0.3 is 9.47 Å². The second-order valence-electron chi connectivity index (χ2n) is 4.19. The number of hydrogen-bond acceptors (Lipinski definition) is 3. The standard InChI is InChI=1S/C16H14FNO2/c1-3-11-4-6-15(16(8-11)19-2)20-14-7-5-13(17)9-12(14)10-18/h4-9H,3H2,1-2H3. The zero-order valence-corrected chi connectivity index (χ0v) is 11.3. The summed E-state index contributed by atoms with van der Waals surface area (Å²) < 4.78 is 24.0. The van der Waals surface area contributed by atoms with Crippen molar-refractivity contribution >= 4 is 0 Å². The summed E-state index contributed by atoms with van der Waals surface area (Å²) in [5.41, 5.74) is 1.26. The van der Waals surface area contributed by atoms with Crippen molar-refractivity contribution < 1.29 is 13.9 Å². The molecule has 0 saturated heterocycles. The zero-order valence-electron chi connectivity index (χ0n) is 11.3. The Balaban J connectivity index is 2.37. The van der Waals surface area contributed by atoms with E-state index < -0.39 is 5.82 Å². The average molecular weight is 271 g/mol. The van der Waals surface area contributed by atoms with Crippen LogP contribution in [0.15, 0.2) is 36.4 Å². The van der Waals surface area contributed by atoms with Gasteiger partial charge in [0.1, 0.15) is 17.6 Å². The van der Waals surface area contributed by atoms with E-state index in [0.29, 0.717) is 17.2 Å². The van der Waals surface area contributed by atoms with Crippen LogP contribution in [0.3, 0.4) is 0 Å². The molecule has 0 atom stereocenters. The van der Waals surface area contributed by atoms with Crippen LogP contribution in [0.25, 0.3) is 0 Å². The van der Waals surface area contributed by atoms with Gasteiger partial charge in [-0.3, -0.25) is 0 Å². The maximum absolute atomic E-state index is 13.1. The summed E-state index contributed by atoms with van der Waals surface area (Å²) in [5, 5.41) is 9.00. The van der Waals surface area contributed by atoms with Crippen LogP contribution >= 0.6 is 0 Å². The van der Waals surface area contributed by atoms with Crippen molar-refractivity contribution in [2.24, 2.45) is 0 Å². The van der Waals surface area contributed by atoms with Crippen molar-refractivity contribution in [2.75, 3.05) is 7.11 Å². The first-order chi connectivity index (χ1) is 9.67. The Morgan fingerprint density at radius 3 is 2.50 bits per heavy atom. The molecule has 4 heteroatoms. The molecule has 0 N–H and O–H groups in total. The van der Waals surface area contributed by atoms with Gasteiger partial charge >= 0.3 is 0 Å². The van der Waals surface area contributed by atoms with Crippen LogP contribution in [0, 0.1) is 17.1 Å². The molecule has 0 saturated carbocycles. The van der Waals surface area contributed by atoms with Crippen LogP contribution in [0.1, 0.15) is 18.1 Å². The minimum absolute atomic E-state index is 0.145. The monoisotopic (exact) mass is 271 g/mol. The topological polar surface area (TPSA) is 42.2 Å². The highest BCUT2D eigenvalue weighted by Crippen LogP contribution is 2.34. The zero-order chi connectivity index (χ0) is 14.5. The van der Waals surface area contributed by atoms with E-state index in [1.165, 1.54) is 12.1 Å². The first-order valence-electron chi connectivity index (χ1n) is 6.22. The van der Waals surface area contributed by atoms with Crippen molar-refractivity contribution in [1.29, 1.82) is 5.26 Å². The van der Waals surface area contributed by atoms with Crippen LogP contribution in [0.2, 0.25) is 0 Å². The molecule has 0 unspecified atom stereocenters. The summed E-state index contributed by atoms with van der Waals surface area (Å²) in [7, 11) is 1.55. The Morgan fingerprint density at radius 1 is 1.10 bits per heavy atom. The molecule has 2 rings (SSSR count). The molecule has 102 valence electrons. The van der Waals surface area contributed by atoms with Gasteiger partial charge in [0.2, 0.25) is 0 Å². The average Bonchev–Trinajstić information content (AvgIpc) is 2.49. The van der Waals surface area contributed by atoms with Crippen LogP contribution < -0.4 is 9.47 Å². The van der Waals surface area contributed by atoms with Crippen LogP contribution in [0.4, 0.5) is 4.39 Å². The van der Waals surface area contributed by atoms with E-state index in [2.05, 4.69) is 0 Å². The molecule has 0 heterocycles. The Bertz CT molecular complexity index is 662. The fourth-order valence-corrected chi connectivity index (χ4v) is 1.81. The predicted octanol–water partition coefficient (Wildman–Crippen LogP) is 4.06. The number of nitrogens with zero attached hydrogens (tertiary/aromatic N) is 1. The Kier molecular flexibility index (Phi) is 4.21. The van der Waals surface area contributed by atoms with Gasteiger partial charge in [0.25, 0.3) is 0 Å². The molecular weight excluding hydrogens is 257 g/mol. The van der Waals surface area contributed by atoms with Crippen molar-refractivity contribution in [2.45, 2.75) is 13.3 Å². The molecule has 0 aliphatic carbocycles. The minimum atomic E-state index is -0.470. The van der Waals surface area contributed by atoms with Crippen LogP contribution in [-0.2, 0) is 6.42 Å². The van der Waals surface area contributed by atoms with Gasteiger partial charge in [0, 0.05) is 0 Å². The predicted molar refractivity (Wildman–Crippen MR) is 73.6 cm³/mol. The van der Waals surface area contributed by atoms with E-state index in [4.69, 9.17) is 14.7 Å². The third-order valence-electron chi connectivity index (χ3n) is 2.92. The molecular formula is C16H14FNO2. The Morgan fingerprint density at radius 2 is 1.85 bits per heavy atom. The summed E-state index contributed by atoms with van der Waals surface area (Å²) in [5.74, 6) is 0.906. The van der Waals surface area contributed by atoms with Crippen LogP contribution in [-0.4, -0.2) is 7.11 Å². The molecule has 3 nitrogen and oxygen atoms in total. The van der Waals surface area contributed by atoms with E-state index in [1.54, 1.807) is 13.2 Å². The fraction of sp³-hybridized carbons (Fsp3) is 0.188. The number of benzene rings is 2. The molecule has 2 aromatic rings. The lowest BCUT2D eigenvalue weighted by molar-refractivity contribution is 0.378. The number of methoxy groups -OCH3 is 1. The highest BCUT2D eigenvalue weighted by molar-refractivity contribution is 5.49. The number of aryl methyl sites for hydroxylation is 1. The SMILES string of the molecule is CCc1ccc(Oc2ccc(F)cc2C#N)c(OC)c1. The van der Waals surface area contributed by atoms with E-state index in [0.717, 1.165) is 18.1 Å². The molecule has 0 radical (unpaired) electrons. The van der Waals surface area contributed by atoms with Crippen molar-refractivity contribution in [3.8, 4) is 23.3 Å². The summed E-state index contributed by atoms with van der Waals surface area (Å²) in [6.45, 7) is 2.04. The fourth-order valence-electron chi connectivity index (χ4n) is 1.81. The van der Waals surface area contributed by atoms with Crippen LogP contribution in [0.5, 0.6) is 17.2 Å². The van der Waals surface area contributed by atoms with Gasteiger partial charge in [-0.25, -0.2) is 4.39 Å². The molecule has 2 aromatic carbocycles. The maximum atomic E-state index is 13.1. The van der Waals surface area contributed by atoms with E-state index >= 15 is 0 Å². The Labute approximate surface area is 117 Å². The number of ether oxygens (including phenoxy) is 2. The number of halogens is 1. The first kappa shape index (κ1) is 13.9. The molecule has 0 aromatic heterocycles. The second-order valence-corrected chi connectivity index (χ2v) is 4.19. The summed E-state index contributed by atoms with van der Waals surface area (Å²) in [6, 6.07) is 11.3. The number of rotatable bonds is 4. The van der Waals surface area contributed by atoms with Crippen molar-refractivity contribution in [3.05, 3.63) is 53.3 Å². The third-order valence-corrected chi connectivity index (χ3v) is 2.92. The largest absolute Gasteiger partial charge is 0.493 e. The smallest absolute Gasteiger partial charge is 0.169 e. The van der Waals surface area contributed by atoms with Gasteiger partial charge in [-0.1, -0.05) is 13.0 Å². The van der Waals surface area contributed by atoms with Gasteiger partial charge in [0.05, 0.1) is 12.7 Å². The van der Waals surface area contributed by atoms with Gasteiger partial charge in [-0.05, 0) is 42.3 Å². The molecule has 0 spiro atoms. The van der Waals surface area contributed by atoms with Gasteiger partial charge in [-0.15, -0.1) is 0 Å². The van der Waals surface area contributed by atoms with Gasteiger partial charge in [0.15, 0.2) is 11.5 Å². The lowest BCUT2D eigenvalue weighted by Gasteiger charge is -2.12. The minimum Gasteiger partial charge on any atom is -0.493 e. The summed E-state index contributed by atoms with van der Waals surface area (Å²) >= 11 is 0. The summed E-state index contributed by atoms with van der Waals surface area (Å²) in [6.07, 6.45) is 0.886. The number of hydrogen-bond donors (Lipinski definition) is 0. The van der Waals surface area contributed by atoms with Crippen molar-refractivity contribution in [3.63, 3.8) is 0 Å². The maximum Gasteiger partial charge on any atom is 0.169 e. The van der Waals surface area contributed by atoms with E-state index in [-0.39, 0.29) is 5.56 Å². The Hall–Kier alpha value is -2.54. The molecule has 0 amide bonds. The molecule has 0 aliphatic heterocycles. The lowest BCUT2D eigenvalue weighted by Crippen LogP contribution is -1.94. The summed E-state index contributed by atoms with van der Waals surface area (Å²) in [4.78, 5) is 0. The van der Waals surface area contributed by atoms with E-state index in [1.807, 2.05) is 25.1 Å². The second kappa shape index (κ2) is 6.07. The first-order valence-corrected chi connectivity index (χ1v) is 6.22.